The lowest BCUT2D eigenvalue weighted by Gasteiger charge is -2.29. The first-order valence-electron chi connectivity index (χ1n) is 11.2. The quantitative estimate of drug-likeness (QED) is 0.361. The molecule has 5 nitrogen and oxygen atoms in total. The Hall–Kier alpha value is -2.56. The van der Waals surface area contributed by atoms with Gasteiger partial charge in [-0.05, 0) is 71.6 Å². The third-order valence-electron chi connectivity index (χ3n) is 5.67. The van der Waals surface area contributed by atoms with Crippen molar-refractivity contribution in [3.8, 4) is 11.5 Å². The molecule has 0 radical (unpaired) electrons. The number of esters is 1. The van der Waals surface area contributed by atoms with Gasteiger partial charge in [0.05, 0.1) is 19.8 Å². The zero-order valence-electron chi connectivity index (χ0n) is 20.0. The molecule has 0 heterocycles. The first-order chi connectivity index (χ1) is 14.7. The van der Waals surface area contributed by atoms with E-state index >= 15 is 0 Å². The Bertz CT molecular complexity index is 876. The van der Waals surface area contributed by atoms with Crippen LogP contribution in [-0.2, 0) is 14.3 Å². The van der Waals surface area contributed by atoms with Crippen molar-refractivity contribution in [2.45, 2.75) is 79.2 Å². The Morgan fingerprint density at radius 3 is 2.39 bits per heavy atom. The van der Waals surface area contributed by atoms with Gasteiger partial charge < -0.3 is 14.2 Å². The van der Waals surface area contributed by atoms with Gasteiger partial charge in [-0.15, -0.1) is 0 Å². The molecule has 0 aliphatic heterocycles. The standard InChI is InChI=1S/C26H36O5/c1-8-17(5)24(26(28)31-16(3)4)25(23-18(6)11-10-12-20(23)27)19-13-14-21(30-9-2)22(15-19)29-7/h13-16,25H,8-12H2,1-7H3/b24-17-. The number of allylic oxidation sites excluding steroid dienone is 3. The predicted molar refractivity (Wildman–Crippen MR) is 123 cm³/mol. The van der Waals surface area contributed by atoms with Crippen LogP contribution in [0, 0.1) is 0 Å². The lowest BCUT2D eigenvalue weighted by atomic mass is 9.75. The number of benzene rings is 1. The van der Waals surface area contributed by atoms with Crippen molar-refractivity contribution in [3.63, 3.8) is 0 Å². The summed E-state index contributed by atoms with van der Waals surface area (Å²) >= 11 is 0. The summed E-state index contributed by atoms with van der Waals surface area (Å²) in [5.74, 6) is 0.446. The minimum absolute atomic E-state index is 0.0975. The summed E-state index contributed by atoms with van der Waals surface area (Å²) < 4.78 is 16.9. The van der Waals surface area contributed by atoms with Gasteiger partial charge in [0.15, 0.2) is 17.3 Å². The third-order valence-corrected chi connectivity index (χ3v) is 5.67. The van der Waals surface area contributed by atoms with Crippen molar-refractivity contribution in [1.29, 1.82) is 0 Å². The molecule has 0 spiro atoms. The molecule has 1 aliphatic carbocycles. The van der Waals surface area contributed by atoms with Crippen LogP contribution in [0.4, 0.5) is 0 Å². The maximum Gasteiger partial charge on any atom is 0.335 e. The molecule has 1 aromatic rings. The number of Topliss-reactive ketones (excluding diaryl/α,β-unsaturated/α-hetero) is 1. The Labute approximate surface area is 186 Å². The topological polar surface area (TPSA) is 61.8 Å². The predicted octanol–water partition coefficient (Wildman–Crippen LogP) is 5.93. The van der Waals surface area contributed by atoms with E-state index in [-0.39, 0.29) is 17.9 Å². The van der Waals surface area contributed by atoms with Crippen molar-refractivity contribution >= 4 is 11.8 Å². The number of carbonyl (C=O) groups excluding carboxylic acids is 2. The zero-order valence-corrected chi connectivity index (χ0v) is 20.0. The van der Waals surface area contributed by atoms with Gasteiger partial charge in [-0.3, -0.25) is 4.79 Å². The Kier molecular flexibility index (Phi) is 8.90. The van der Waals surface area contributed by atoms with E-state index < -0.39 is 5.92 Å². The maximum atomic E-state index is 13.3. The van der Waals surface area contributed by atoms with Gasteiger partial charge >= 0.3 is 5.97 Å². The molecule has 0 bridgehead atoms. The second kappa shape index (κ2) is 11.2. The first kappa shape index (κ1) is 24.7. The van der Waals surface area contributed by atoms with E-state index in [0.29, 0.717) is 42.1 Å². The van der Waals surface area contributed by atoms with Gasteiger partial charge in [0.1, 0.15) is 0 Å². The smallest absolute Gasteiger partial charge is 0.335 e. The van der Waals surface area contributed by atoms with Crippen LogP contribution in [0.5, 0.6) is 11.5 Å². The van der Waals surface area contributed by atoms with E-state index in [1.165, 1.54) is 0 Å². The van der Waals surface area contributed by atoms with Gasteiger partial charge in [-0.25, -0.2) is 4.79 Å². The van der Waals surface area contributed by atoms with Crippen molar-refractivity contribution in [3.05, 3.63) is 46.1 Å². The summed E-state index contributed by atoms with van der Waals surface area (Å²) in [6.45, 7) is 12.1. The van der Waals surface area contributed by atoms with Crippen LogP contribution in [0.2, 0.25) is 0 Å². The normalized spacial score (nSPS) is 16.2. The van der Waals surface area contributed by atoms with E-state index in [1.807, 2.05) is 59.7 Å². The third kappa shape index (κ3) is 5.78. The summed E-state index contributed by atoms with van der Waals surface area (Å²) in [5.41, 5.74) is 4.04. The van der Waals surface area contributed by atoms with Crippen molar-refractivity contribution in [1.82, 2.24) is 0 Å². The highest BCUT2D eigenvalue weighted by atomic mass is 16.5. The maximum absolute atomic E-state index is 13.3. The van der Waals surface area contributed by atoms with Crippen LogP contribution in [0.25, 0.3) is 0 Å². The molecule has 1 aliphatic rings. The van der Waals surface area contributed by atoms with E-state index in [9.17, 15) is 9.59 Å². The fourth-order valence-corrected chi connectivity index (χ4v) is 4.05. The summed E-state index contributed by atoms with van der Waals surface area (Å²) in [6.07, 6.45) is 2.63. The largest absolute Gasteiger partial charge is 0.493 e. The van der Waals surface area contributed by atoms with Crippen molar-refractivity contribution < 1.29 is 23.8 Å². The molecule has 0 aromatic heterocycles. The molecule has 0 N–H and O–H groups in total. The zero-order chi connectivity index (χ0) is 23.1. The fourth-order valence-electron chi connectivity index (χ4n) is 4.05. The Balaban J connectivity index is 2.78. The second-order valence-corrected chi connectivity index (χ2v) is 8.25. The first-order valence-corrected chi connectivity index (χ1v) is 11.2. The van der Waals surface area contributed by atoms with Crippen molar-refractivity contribution in [2.24, 2.45) is 0 Å². The number of carbonyl (C=O) groups is 2. The summed E-state index contributed by atoms with van der Waals surface area (Å²) in [5, 5.41) is 0. The fraction of sp³-hybridized carbons (Fsp3) is 0.538. The molecule has 5 heteroatoms. The molecule has 1 unspecified atom stereocenters. The van der Waals surface area contributed by atoms with Crippen LogP contribution in [0.3, 0.4) is 0 Å². The van der Waals surface area contributed by atoms with E-state index in [0.717, 1.165) is 29.6 Å². The lowest BCUT2D eigenvalue weighted by Crippen LogP contribution is -2.25. The molecule has 0 amide bonds. The monoisotopic (exact) mass is 428 g/mol. The highest BCUT2D eigenvalue weighted by Crippen LogP contribution is 2.43. The van der Waals surface area contributed by atoms with Gasteiger partial charge in [0.2, 0.25) is 0 Å². The van der Waals surface area contributed by atoms with Crippen molar-refractivity contribution in [2.75, 3.05) is 13.7 Å². The number of hydrogen-bond donors (Lipinski definition) is 0. The van der Waals surface area contributed by atoms with Gasteiger partial charge in [-0.2, -0.15) is 0 Å². The molecule has 2 rings (SSSR count). The second-order valence-electron chi connectivity index (χ2n) is 8.25. The molecule has 0 saturated heterocycles. The minimum Gasteiger partial charge on any atom is -0.493 e. The molecular weight excluding hydrogens is 392 g/mol. The number of ketones is 1. The minimum atomic E-state index is -0.497. The van der Waals surface area contributed by atoms with Gasteiger partial charge in [0.25, 0.3) is 0 Å². The molecule has 0 fully saturated rings. The molecule has 0 saturated carbocycles. The summed E-state index contributed by atoms with van der Waals surface area (Å²) in [4.78, 5) is 26.4. The van der Waals surface area contributed by atoms with Gasteiger partial charge in [0, 0.05) is 23.5 Å². The Morgan fingerprint density at radius 2 is 1.84 bits per heavy atom. The average molecular weight is 429 g/mol. The number of ether oxygens (including phenoxy) is 3. The van der Waals surface area contributed by atoms with Crippen LogP contribution < -0.4 is 9.47 Å². The van der Waals surface area contributed by atoms with E-state index in [4.69, 9.17) is 14.2 Å². The van der Waals surface area contributed by atoms with E-state index in [2.05, 4.69) is 0 Å². The van der Waals surface area contributed by atoms with Crippen LogP contribution in [0.1, 0.15) is 78.7 Å². The number of rotatable bonds is 9. The van der Waals surface area contributed by atoms with Gasteiger partial charge in [-0.1, -0.05) is 24.1 Å². The highest BCUT2D eigenvalue weighted by Gasteiger charge is 2.35. The average Bonchev–Trinajstić information content (AvgIpc) is 2.72. The van der Waals surface area contributed by atoms with Crippen LogP contribution in [-0.4, -0.2) is 31.6 Å². The summed E-state index contributed by atoms with van der Waals surface area (Å²) in [7, 11) is 1.59. The number of hydrogen-bond acceptors (Lipinski definition) is 5. The molecule has 170 valence electrons. The van der Waals surface area contributed by atoms with Crippen LogP contribution in [0.15, 0.2) is 40.5 Å². The SMILES string of the molecule is CCOc1ccc(C(C2=C(C)CCCC2=O)/C(C(=O)OC(C)C)=C(\C)CC)cc1OC. The highest BCUT2D eigenvalue weighted by molar-refractivity contribution is 6.03. The molecular formula is C26H36O5. The molecule has 1 aromatic carbocycles. The molecule has 1 atom stereocenters. The Morgan fingerprint density at radius 1 is 1.13 bits per heavy atom. The lowest BCUT2D eigenvalue weighted by molar-refractivity contribution is -0.143. The molecule has 31 heavy (non-hydrogen) atoms. The number of methoxy groups -OCH3 is 1. The van der Waals surface area contributed by atoms with E-state index in [1.54, 1.807) is 7.11 Å². The van der Waals surface area contributed by atoms with Crippen LogP contribution >= 0.6 is 0 Å². The summed E-state index contributed by atoms with van der Waals surface area (Å²) in [6, 6.07) is 5.65.